The Morgan fingerprint density at radius 2 is 1.84 bits per heavy atom. The summed E-state index contributed by atoms with van der Waals surface area (Å²) >= 11 is 0. The Labute approximate surface area is 179 Å². The number of nitrogens with one attached hydrogen (secondary N) is 1. The van der Waals surface area contributed by atoms with Crippen molar-refractivity contribution in [1.82, 2.24) is 4.98 Å². The Kier molecular flexibility index (Phi) is 6.30. The molecule has 1 aromatic heterocycles. The van der Waals surface area contributed by atoms with Gasteiger partial charge in [0.1, 0.15) is 0 Å². The van der Waals surface area contributed by atoms with Gasteiger partial charge in [0.05, 0.1) is 16.9 Å². The molecule has 3 rings (SSSR count). The van der Waals surface area contributed by atoms with Gasteiger partial charge in [0.2, 0.25) is 5.91 Å². The largest absolute Gasteiger partial charge is 0.416 e. The highest BCUT2D eigenvalue weighted by Gasteiger charge is 2.31. The summed E-state index contributed by atoms with van der Waals surface area (Å²) in [4.78, 5) is 18.5. The van der Waals surface area contributed by atoms with Crippen LogP contribution in [0.3, 0.4) is 0 Å². The van der Waals surface area contributed by atoms with Crippen molar-refractivity contribution in [1.29, 1.82) is 0 Å². The van der Waals surface area contributed by atoms with E-state index in [-0.39, 0.29) is 29.6 Å². The highest BCUT2D eigenvalue weighted by atomic mass is 19.4. The lowest BCUT2D eigenvalue weighted by Gasteiger charge is -2.37. The summed E-state index contributed by atoms with van der Waals surface area (Å²) < 4.78 is 53.2. The number of anilines is 2. The quantitative estimate of drug-likeness (QED) is 0.601. The molecule has 0 fully saturated rings. The van der Waals surface area contributed by atoms with Crippen LogP contribution in [0, 0.1) is 11.2 Å². The maximum Gasteiger partial charge on any atom is 0.416 e. The molecule has 168 valence electrons. The van der Waals surface area contributed by atoms with Crippen molar-refractivity contribution in [3.8, 4) is 0 Å². The Morgan fingerprint density at radius 3 is 2.42 bits per heavy atom. The third kappa shape index (κ3) is 5.74. The highest BCUT2D eigenvalue weighted by Crippen LogP contribution is 2.34. The van der Waals surface area contributed by atoms with Gasteiger partial charge in [0.25, 0.3) is 0 Å². The first-order chi connectivity index (χ1) is 14.3. The van der Waals surface area contributed by atoms with Gasteiger partial charge in [-0.3, -0.25) is 4.79 Å². The van der Waals surface area contributed by atoms with Crippen LogP contribution in [0.2, 0.25) is 0 Å². The molecule has 31 heavy (non-hydrogen) atoms. The lowest BCUT2D eigenvalue weighted by Crippen LogP contribution is -2.37. The van der Waals surface area contributed by atoms with Gasteiger partial charge in [-0.1, -0.05) is 32.9 Å². The molecule has 2 aromatic rings. The van der Waals surface area contributed by atoms with Crippen LogP contribution in [0.1, 0.15) is 57.4 Å². The molecule has 1 aliphatic heterocycles. The smallest absolute Gasteiger partial charge is 0.363 e. The number of nitrogens with zero attached hydrogens (tertiary/aromatic N) is 2. The molecule has 0 saturated carbocycles. The average Bonchev–Trinajstić information content (AvgIpc) is 2.63. The third-order valence-electron chi connectivity index (χ3n) is 5.26. The first kappa shape index (κ1) is 23.0. The average molecular weight is 437 g/mol. The monoisotopic (exact) mass is 437 g/mol. The third-order valence-corrected chi connectivity index (χ3v) is 5.26. The Hall–Kier alpha value is -2.64. The standard InChI is InChI=1S/C23H27F4N3O/c1-14-5-10-18-19(11-17(24)21(28-18)29-20(31)12-22(2,3)4)30(14)13-15-6-8-16(9-7-15)23(25,26)27/h6-9,11,14H,5,10,12-13H2,1-4H3,(H,28,29,31)/t14-/m1/s1. The molecule has 0 unspecified atom stereocenters. The molecule has 0 radical (unpaired) electrons. The Morgan fingerprint density at radius 1 is 1.19 bits per heavy atom. The summed E-state index contributed by atoms with van der Waals surface area (Å²) in [5.41, 5.74) is 1.02. The molecule has 0 aliphatic carbocycles. The molecule has 1 atom stereocenters. The van der Waals surface area contributed by atoms with Gasteiger partial charge in [-0.25, -0.2) is 9.37 Å². The van der Waals surface area contributed by atoms with Crippen molar-refractivity contribution in [3.63, 3.8) is 0 Å². The zero-order valence-corrected chi connectivity index (χ0v) is 18.1. The lowest BCUT2D eigenvalue weighted by molar-refractivity contribution is -0.137. The minimum absolute atomic E-state index is 0.0670. The van der Waals surface area contributed by atoms with Gasteiger partial charge in [0, 0.05) is 25.1 Å². The van der Waals surface area contributed by atoms with E-state index in [2.05, 4.69) is 10.3 Å². The molecular formula is C23H27F4N3O. The van der Waals surface area contributed by atoms with E-state index in [0.29, 0.717) is 29.9 Å². The summed E-state index contributed by atoms with van der Waals surface area (Å²) in [5, 5.41) is 2.56. The minimum Gasteiger partial charge on any atom is -0.363 e. The highest BCUT2D eigenvalue weighted by molar-refractivity contribution is 5.90. The second-order valence-corrected chi connectivity index (χ2v) is 9.28. The van der Waals surface area contributed by atoms with Crippen LogP contribution in [0.25, 0.3) is 0 Å². The molecule has 0 saturated heterocycles. The van der Waals surface area contributed by atoms with Crippen LogP contribution in [-0.2, 0) is 23.9 Å². The summed E-state index contributed by atoms with van der Waals surface area (Å²) in [7, 11) is 0. The predicted octanol–water partition coefficient (Wildman–Crippen LogP) is 5.96. The molecule has 0 bridgehead atoms. The van der Waals surface area contributed by atoms with Crippen molar-refractivity contribution in [2.24, 2.45) is 5.41 Å². The summed E-state index contributed by atoms with van der Waals surface area (Å²) in [6.45, 7) is 8.09. The molecule has 1 N–H and O–H groups in total. The number of hydrogen-bond donors (Lipinski definition) is 1. The number of benzene rings is 1. The van der Waals surface area contributed by atoms with E-state index in [1.54, 1.807) is 0 Å². The van der Waals surface area contributed by atoms with Crippen molar-refractivity contribution >= 4 is 17.4 Å². The van der Waals surface area contributed by atoms with E-state index in [4.69, 9.17) is 0 Å². The summed E-state index contributed by atoms with van der Waals surface area (Å²) in [6.07, 6.45) is -2.75. The van der Waals surface area contributed by atoms with Crippen LogP contribution < -0.4 is 10.2 Å². The minimum atomic E-state index is -4.38. The van der Waals surface area contributed by atoms with E-state index < -0.39 is 17.6 Å². The number of carbonyl (C=O) groups excluding carboxylic acids is 1. The zero-order valence-electron chi connectivity index (χ0n) is 18.1. The molecule has 1 aromatic carbocycles. The van der Waals surface area contributed by atoms with Crippen molar-refractivity contribution < 1.29 is 22.4 Å². The number of halogens is 4. The predicted molar refractivity (Wildman–Crippen MR) is 112 cm³/mol. The number of hydrogen-bond acceptors (Lipinski definition) is 3. The van der Waals surface area contributed by atoms with E-state index >= 15 is 0 Å². The van der Waals surface area contributed by atoms with Gasteiger partial charge in [-0.05, 0) is 42.9 Å². The van der Waals surface area contributed by atoms with Gasteiger partial charge in [0.15, 0.2) is 11.6 Å². The van der Waals surface area contributed by atoms with Crippen LogP contribution in [0.5, 0.6) is 0 Å². The first-order valence-electron chi connectivity index (χ1n) is 10.3. The van der Waals surface area contributed by atoms with E-state index in [1.165, 1.54) is 18.2 Å². The molecular weight excluding hydrogens is 410 g/mol. The number of aryl methyl sites for hydroxylation is 1. The fraction of sp³-hybridized carbons (Fsp3) is 0.478. The maximum absolute atomic E-state index is 14.8. The molecule has 4 nitrogen and oxygen atoms in total. The molecule has 0 spiro atoms. The van der Waals surface area contributed by atoms with Crippen molar-refractivity contribution in [2.75, 3.05) is 10.2 Å². The topological polar surface area (TPSA) is 45.2 Å². The lowest BCUT2D eigenvalue weighted by atomic mass is 9.92. The number of rotatable bonds is 4. The number of carbonyl (C=O) groups is 1. The number of pyridine rings is 1. The second kappa shape index (κ2) is 8.48. The van der Waals surface area contributed by atoms with Crippen LogP contribution in [-0.4, -0.2) is 16.9 Å². The number of alkyl halides is 3. The fourth-order valence-corrected chi connectivity index (χ4v) is 3.67. The van der Waals surface area contributed by atoms with Crippen LogP contribution in [0.4, 0.5) is 29.1 Å². The summed E-state index contributed by atoms with van der Waals surface area (Å²) in [5.74, 6) is -1.02. The fourth-order valence-electron chi connectivity index (χ4n) is 3.67. The van der Waals surface area contributed by atoms with Gasteiger partial charge in [-0.15, -0.1) is 0 Å². The Balaban J connectivity index is 1.83. The number of aromatic nitrogens is 1. The molecule has 2 heterocycles. The van der Waals surface area contributed by atoms with Crippen LogP contribution >= 0.6 is 0 Å². The Bertz CT molecular complexity index is 949. The van der Waals surface area contributed by atoms with Crippen molar-refractivity contribution in [2.45, 2.75) is 65.7 Å². The van der Waals surface area contributed by atoms with Gasteiger partial charge >= 0.3 is 6.18 Å². The number of amides is 1. The van der Waals surface area contributed by atoms with E-state index in [0.717, 1.165) is 18.6 Å². The van der Waals surface area contributed by atoms with E-state index in [1.807, 2.05) is 32.6 Å². The first-order valence-corrected chi connectivity index (χ1v) is 10.3. The van der Waals surface area contributed by atoms with Gasteiger partial charge in [-0.2, -0.15) is 13.2 Å². The van der Waals surface area contributed by atoms with Crippen molar-refractivity contribution in [3.05, 3.63) is 53.0 Å². The summed E-state index contributed by atoms with van der Waals surface area (Å²) in [6, 6.07) is 6.41. The maximum atomic E-state index is 14.8. The molecule has 1 aliphatic rings. The van der Waals surface area contributed by atoms with Gasteiger partial charge < -0.3 is 10.2 Å². The van der Waals surface area contributed by atoms with E-state index in [9.17, 15) is 22.4 Å². The normalized spacial score (nSPS) is 16.8. The SMILES string of the molecule is C[C@@H]1CCc2nc(NC(=O)CC(C)(C)C)c(F)cc2N1Cc1ccc(C(F)(F)F)cc1. The second-order valence-electron chi connectivity index (χ2n) is 9.28. The zero-order chi connectivity index (χ0) is 23.0. The number of fused-ring (bicyclic) bond motifs is 1. The molecule has 8 heteroatoms. The molecule has 1 amide bonds. The van der Waals surface area contributed by atoms with Crippen LogP contribution in [0.15, 0.2) is 30.3 Å².